The maximum atomic E-state index is 14.6. The Morgan fingerprint density at radius 1 is 1.09 bits per heavy atom. The number of fused-ring (bicyclic) bond motifs is 2. The van der Waals surface area contributed by atoms with Gasteiger partial charge in [-0.25, -0.2) is 14.4 Å². The molecule has 0 N–H and O–H groups in total. The van der Waals surface area contributed by atoms with Crippen molar-refractivity contribution in [3.8, 4) is 11.3 Å². The van der Waals surface area contributed by atoms with E-state index in [1.54, 1.807) is 31.2 Å². The maximum absolute atomic E-state index is 14.6. The zero-order chi connectivity index (χ0) is 24.1. The van der Waals surface area contributed by atoms with Crippen molar-refractivity contribution in [2.24, 2.45) is 7.05 Å². The van der Waals surface area contributed by atoms with E-state index < -0.39 is 5.82 Å². The normalized spacial score (nSPS) is 16.3. The van der Waals surface area contributed by atoms with E-state index in [4.69, 9.17) is 9.51 Å². The summed E-state index contributed by atoms with van der Waals surface area (Å²) in [5.41, 5.74) is 3.80. The molecule has 35 heavy (non-hydrogen) atoms. The zero-order valence-electron chi connectivity index (χ0n) is 19.5. The van der Waals surface area contributed by atoms with Gasteiger partial charge >= 0.3 is 0 Å². The molecule has 0 unspecified atom stereocenters. The molecule has 7 nitrogen and oxygen atoms in total. The summed E-state index contributed by atoms with van der Waals surface area (Å²) < 4.78 is 22.1. The molecule has 0 aliphatic carbocycles. The minimum absolute atomic E-state index is 0.155. The summed E-state index contributed by atoms with van der Waals surface area (Å²) >= 11 is 0. The van der Waals surface area contributed by atoms with E-state index in [2.05, 4.69) is 14.7 Å². The number of nitrogens with zero attached hydrogens (tertiary/aromatic N) is 5. The molecule has 176 valence electrons. The first kappa shape index (κ1) is 21.5. The molecule has 1 saturated heterocycles. The highest BCUT2D eigenvalue weighted by atomic mass is 19.1. The Bertz CT molecular complexity index is 1590. The minimum atomic E-state index is -0.412. The molecule has 1 amide bonds. The number of amides is 1. The number of aryl methyl sites for hydroxylation is 2. The first-order valence-corrected chi connectivity index (χ1v) is 11.8. The SMILES string of the molecule is Cc1noc2nc(-c3ccccc3F)cc(C(=O)N3CCCC[C@H]3c3nc4ccccc4n3C)c12. The van der Waals surface area contributed by atoms with Crippen molar-refractivity contribution < 1.29 is 13.7 Å². The smallest absolute Gasteiger partial charge is 0.259 e. The first-order chi connectivity index (χ1) is 17.0. The molecule has 6 rings (SSSR count). The lowest BCUT2D eigenvalue weighted by molar-refractivity contribution is 0.0599. The number of carbonyl (C=O) groups excluding carboxylic acids is 1. The standard InChI is InChI=1S/C27H24FN5O2/c1-16-24-18(15-21(30-26(24)35-31-16)17-9-3-4-10-19(17)28)27(34)33-14-8-7-13-23(33)25-29-20-11-5-6-12-22(20)32(25)2/h3-6,9-12,15,23H,7-8,13-14H2,1-2H3/t23-/m0/s1. The highest BCUT2D eigenvalue weighted by Gasteiger charge is 2.34. The average molecular weight is 470 g/mol. The second-order valence-electron chi connectivity index (χ2n) is 9.01. The molecule has 5 aromatic rings. The van der Waals surface area contributed by atoms with Gasteiger partial charge in [-0.3, -0.25) is 4.79 Å². The van der Waals surface area contributed by atoms with Crippen LogP contribution in [0.4, 0.5) is 4.39 Å². The molecule has 8 heteroatoms. The summed E-state index contributed by atoms with van der Waals surface area (Å²) in [6.45, 7) is 2.39. The van der Waals surface area contributed by atoms with Gasteiger partial charge in [-0.15, -0.1) is 0 Å². The third kappa shape index (κ3) is 3.48. The highest BCUT2D eigenvalue weighted by Crippen LogP contribution is 2.35. The highest BCUT2D eigenvalue weighted by molar-refractivity contribution is 6.07. The van der Waals surface area contributed by atoms with Crippen LogP contribution in [0.3, 0.4) is 0 Å². The minimum Gasteiger partial charge on any atom is -0.335 e. The summed E-state index contributed by atoms with van der Waals surface area (Å²) in [6.07, 6.45) is 2.74. The quantitative estimate of drug-likeness (QED) is 0.344. The van der Waals surface area contributed by atoms with Crippen LogP contribution in [0.2, 0.25) is 0 Å². The predicted octanol–water partition coefficient (Wildman–Crippen LogP) is 5.59. The number of benzene rings is 2. The molecule has 1 fully saturated rings. The number of likely N-dealkylation sites (tertiary alicyclic amines) is 1. The van der Waals surface area contributed by atoms with Gasteiger partial charge in [-0.05, 0) is 56.5 Å². The Kier molecular flexibility index (Phi) is 5.09. The van der Waals surface area contributed by atoms with Crippen LogP contribution in [0.1, 0.15) is 47.2 Å². The Balaban J connectivity index is 1.48. The van der Waals surface area contributed by atoms with Crippen molar-refractivity contribution in [1.82, 2.24) is 24.6 Å². The van der Waals surface area contributed by atoms with E-state index in [1.807, 2.05) is 36.2 Å². The predicted molar refractivity (Wildman–Crippen MR) is 130 cm³/mol. The van der Waals surface area contributed by atoms with Crippen LogP contribution in [0, 0.1) is 12.7 Å². The third-order valence-electron chi connectivity index (χ3n) is 6.88. The molecule has 1 aliphatic rings. The van der Waals surface area contributed by atoms with Gasteiger partial charge < -0.3 is 14.0 Å². The number of hydrogen-bond donors (Lipinski definition) is 0. The Morgan fingerprint density at radius 3 is 2.71 bits per heavy atom. The van der Waals surface area contributed by atoms with Crippen LogP contribution >= 0.6 is 0 Å². The Labute approximate surface area is 201 Å². The number of rotatable bonds is 3. The number of pyridine rings is 1. The van der Waals surface area contributed by atoms with Crippen LogP contribution in [-0.4, -0.2) is 37.0 Å². The monoisotopic (exact) mass is 469 g/mol. The van der Waals surface area contributed by atoms with Crippen molar-refractivity contribution in [3.63, 3.8) is 0 Å². The summed E-state index contributed by atoms with van der Waals surface area (Å²) in [5, 5.41) is 4.60. The number of carbonyl (C=O) groups is 1. The maximum Gasteiger partial charge on any atom is 0.259 e. The van der Waals surface area contributed by atoms with E-state index in [9.17, 15) is 9.18 Å². The van der Waals surface area contributed by atoms with Crippen LogP contribution in [-0.2, 0) is 7.05 Å². The molecule has 0 radical (unpaired) electrons. The fraction of sp³-hybridized carbons (Fsp3) is 0.259. The summed E-state index contributed by atoms with van der Waals surface area (Å²) in [6, 6.07) is 15.9. The molecule has 0 spiro atoms. The van der Waals surface area contributed by atoms with E-state index in [0.29, 0.717) is 34.4 Å². The summed E-state index contributed by atoms with van der Waals surface area (Å²) in [7, 11) is 1.99. The van der Waals surface area contributed by atoms with Gasteiger partial charge in [0.25, 0.3) is 11.6 Å². The van der Waals surface area contributed by atoms with Crippen molar-refractivity contribution in [2.75, 3.05) is 6.54 Å². The van der Waals surface area contributed by atoms with Crippen LogP contribution in [0.25, 0.3) is 33.4 Å². The van der Waals surface area contributed by atoms with Gasteiger partial charge in [0.15, 0.2) is 0 Å². The van der Waals surface area contributed by atoms with Crippen molar-refractivity contribution in [2.45, 2.75) is 32.2 Å². The molecule has 1 atom stereocenters. The van der Waals surface area contributed by atoms with Gasteiger partial charge in [0.2, 0.25) is 0 Å². The van der Waals surface area contributed by atoms with Crippen molar-refractivity contribution >= 4 is 28.0 Å². The van der Waals surface area contributed by atoms with Crippen LogP contribution in [0.5, 0.6) is 0 Å². The molecule has 0 bridgehead atoms. The van der Waals surface area contributed by atoms with Crippen molar-refractivity contribution in [3.05, 3.63) is 77.5 Å². The molecule has 1 aliphatic heterocycles. The number of halogens is 1. The Morgan fingerprint density at radius 2 is 1.89 bits per heavy atom. The third-order valence-corrected chi connectivity index (χ3v) is 6.88. The van der Waals surface area contributed by atoms with Gasteiger partial charge in [-0.1, -0.05) is 29.4 Å². The second-order valence-corrected chi connectivity index (χ2v) is 9.01. The zero-order valence-corrected chi connectivity index (χ0v) is 19.5. The summed E-state index contributed by atoms with van der Waals surface area (Å²) in [5.74, 6) is 0.295. The number of hydrogen-bond acceptors (Lipinski definition) is 5. The van der Waals surface area contributed by atoms with Crippen LogP contribution < -0.4 is 0 Å². The second kappa shape index (κ2) is 8.30. The largest absolute Gasteiger partial charge is 0.335 e. The van der Waals surface area contributed by atoms with Crippen LogP contribution in [0.15, 0.2) is 59.1 Å². The lowest BCUT2D eigenvalue weighted by Crippen LogP contribution is -2.39. The fourth-order valence-corrected chi connectivity index (χ4v) is 5.13. The molecule has 2 aromatic carbocycles. The van der Waals surface area contributed by atoms with Crippen molar-refractivity contribution in [1.29, 1.82) is 0 Å². The Hall–Kier alpha value is -4.07. The molecular weight excluding hydrogens is 445 g/mol. The molecule has 4 heterocycles. The van der Waals surface area contributed by atoms with E-state index >= 15 is 0 Å². The lowest BCUT2D eigenvalue weighted by atomic mass is 9.98. The molecular formula is C27H24FN5O2. The first-order valence-electron chi connectivity index (χ1n) is 11.8. The number of para-hydroxylation sites is 2. The number of aromatic nitrogens is 4. The fourth-order valence-electron chi connectivity index (χ4n) is 5.13. The van der Waals surface area contributed by atoms with E-state index in [0.717, 1.165) is 36.1 Å². The van der Waals surface area contributed by atoms with Gasteiger partial charge in [0, 0.05) is 19.2 Å². The average Bonchev–Trinajstić information content (AvgIpc) is 3.43. The van der Waals surface area contributed by atoms with Gasteiger partial charge in [0.05, 0.1) is 39.4 Å². The number of imidazole rings is 1. The lowest BCUT2D eigenvalue weighted by Gasteiger charge is -2.35. The molecule has 0 saturated carbocycles. The van der Waals surface area contributed by atoms with Gasteiger partial charge in [-0.2, -0.15) is 0 Å². The summed E-state index contributed by atoms with van der Waals surface area (Å²) in [4.78, 5) is 25.4. The number of piperidine rings is 1. The van der Waals surface area contributed by atoms with E-state index in [-0.39, 0.29) is 17.7 Å². The topological polar surface area (TPSA) is 77.1 Å². The molecule has 3 aromatic heterocycles. The van der Waals surface area contributed by atoms with Gasteiger partial charge in [0.1, 0.15) is 11.6 Å². The van der Waals surface area contributed by atoms with E-state index in [1.165, 1.54) is 6.07 Å².